The molecule has 1 fully saturated rings. The maximum absolute atomic E-state index is 12.4. The fourth-order valence-corrected chi connectivity index (χ4v) is 5.04. The summed E-state index contributed by atoms with van der Waals surface area (Å²) in [4.78, 5) is 24.2. The molecule has 2 aliphatic carbocycles. The lowest BCUT2D eigenvalue weighted by molar-refractivity contribution is -0.150. The summed E-state index contributed by atoms with van der Waals surface area (Å²) in [6.07, 6.45) is 6.06. The van der Waals surface area contributed by atoms with E-state index in [-0.39, 0.29) is 24.0 Å². The lowest BCUT2D eigenvalue weighted by Crippen LogP contribution is -2.36. The molecule has 3 rings (SSSR count). The molecule has 0 amide bonds. The van der Waals surface area contributed by atoms with Gasteiger partial charge in [-0.1, -0.05) is 25.5 Å². The van der Waals surface area contributed by atoms with Crippen molar-refractivity contribution >= 4 is 11.9 Å². The number of hydrogen-bond acceptors (Lipinski definition) is 4. The first-order valence-corrected chi connectivity index (χ1v) is 10.00. The Bertz CT molecular complexity index is 641. The highest BCUT2D eigenvalue weighted by molar-refractivity contribution is 5.93. The number of fused-ring (bicyclic) bond motifs is 2. The number of cyclic esters (lactones) is 1. The second-order valence-corrected chi connectivity index (χ2v) is 8.74. The van der Waals surface area contributed by atoms with E-state index < -0.39 is 0 Å². The van der Waals surface area contributed by atoms with Gasteiger partial charge in [-0.25, -0.2) is 4.79 Å². The van der Waals surface area contributed by atoms with E-state index in [1.54, 1.807) is 0 Å². The van der Waals surface area contributed by atoms with Crippen LogP contribution in [-0.2, 0) is 19.1 Å². The molecule has 0 bridgehead atoms. The van der Waals surface area contributed by atoms with Crippen molar-refractivity contribution in [2.75, 3.05) is 6.61 Å². The van der Waals surface area contributed by atoms with Gasteiger partial charge in [0, 0.05) is 18.4 Å². The number of ether oxygens (including phenoxy) is 2. The van der Waals surface area contributed by atoms with Crippen LogP contribution in [0.15, 0.2) is 22.8 Å². The summed E-state index contributed by atoms with van der Waals surface area (Å²) in [6, 6.07) is 0. The van der Waals surface area contributed by atoms with Crippen LogP contribution >= 0.6 is 0 Å². The van der Waals surface area contributed by atoms with Gasteiger partial charge < -0.3 is 9.47 Å². The summed E-state index contributed by atoms with van der Waals surface area (Å²) in [5.74, 6) is 1.39. The van der Waals surface area contributed by atoms with Crippen LogP contribution in [0.4, 0.5) is 0 Å². The summed E-state index contributed by atoms with van der Waals surface area (Å²) in [6.45, 7) is 10.5. The minimum absolute atomic E-state index is 0.0786. The number of carbonyl (C=O) groups is 2. The second-order valence-electron chi connectivity index (χ2n) is 8.74. The SMILES string of the molecule is CC(=O)O[C@@H]1C[C@H](C)[C@H]2C[C@@H]2C2=C(COC2=O)[C@@H]1[C@@H](C)CCC=C(C)C. The molecule has 144 valence electrons. The van der Waals surface area contributed by atoms with Crippen molar-refractivity contribution in [1.29, 1.82) is 0 Å². The third-order valence-electron chi connectivity index (χ3n) is 6.38. The average Bonchev–Trinajstić information content (AvgIpc) is 3.22. The van der Waals surface area contributed by atoms with Gasteiger partial charge in [-0.2, -0.15) is 0 Å². The smallest absolute Gasteiger partial charge is 0.334 e. The van der Waals surface area contributed by atoms with Gasteiger partial charge in [-0.15, -0.1) is 0 Å². The zero-order chi connectivity index (χ0) is 19.0. The summed E-state index contributed by atoms with van der Waals surface area (Å²) in [5.41, 5.74) is 3.35. The molecule has 1 heterocycles. The van der Waals surface area contributed by atoms with E-state index in [0.29, 0.717) is 30.3 Å². The maximum Gasteiger partial charge on any atom is 0.334 e. The van der Waals surface area contributed by atoms with Gasteiger partial charge in [0.05, 0.1) is 0 Å². The topological polar surface area (TPSA) is 52.6 Å². The number of esters is 2. The van der Waals surface area contributed by atoms with Crippen molar-refractivity contribution in [1.82, 2.24) is 0 Å². The molecule has 0 aromatic carbocycles. The van der Waals surface area contributed by atoms with E-state index in [2.05, 4.69) is 33.8 Å². The number of rotatable bonds is 5. The molecule has 1 aliphatic heterocycles. The molecule has 0 saturated heterocycles. The van der Waals surface area contributed by atoms with Crippen molar-refractivity contribution in [2.24, 2.45) is 29.6 Å². The maximum atomic E-state index is 12.4. The lowest BCUT2D eigenvalue weighted by atomic mass is 9.73. The van der Waals surface area contributed by atoms with Crippen molar-refractivity contribution in [2.45, 2.75) is 66.4 Å². The molecule has 3 aliphatic rings. The predicted octanol–water partition coefficient (Wildman–Crippen LogP) is 4.45. The minimum Gasteiger partial charge on any atom is -0.462 e. The van der Waals surface area contributed by atoms with Crippen LogP contribution in [0.2, 0.25) is 0 Å². The molecule has 4 heteroatoms. The van der Waals surface area contributed by atoms with Crippen molar-refractivity contribution in [3.8, 4) is 0 Å². The van der Waals surface area contributed by atoms with Gasteiger partial charge in [0.25, 0.3) is 0 Å². The standard InChI is InChI=1S/C22H32O4/c1-12(2)7-6-8-13(3)20-18-11-25-22(24)21(18)17-10-16(17)14(4)9-19(20)26-15(5)23/h7,13-14,16-17,19-20H,6,8-11H2,1-5H3/t13-,14-,16+,17-,19+,20-/m0/s1. The van der Waals surface area contributed by atoms with Crippen LogP contribution in [0.3, 0.4) is 0 Å². The van der Waals surface area contributed by atoms with Gasteiger partial charge in [0.1, 0.15) is 12.7 Å². The molecule has 0 spiro atoms. The highest BCUT2D eigenvalue weighted by Crippen LogP contribution is 2.56. The first kappa shape index (κ1) is 19.2. The third-order valence-corrected chi connectivity index (χ3v) is 6.38. The highest BCUT2D eigenvalue weighted by Gasteiger charge is 2.53. The highest BCUT2D eigenvalue weighted by atomic mass is 16.5. The van der Waals surface area contributed by atoms with Crippen LogP contribution in [-0.4, -0.2) is 24.6 Å². The molecule has 0 aromatic heterocycles. The Balaban J connectivity index is 1.93. The van der Waals surface area contributed by atoms with Gasteiger partial charge in [-0.3, -0.25) is 4.79 Å². The van der Waals surface area contributed by atoms with Crippen molar-refractivity contribution in [3.05, 3.63) is 22.8 Å². The molecule has 0 aromatic rings. The quantitative estimate of drug-likeness (QED) is 0.537. The normalized spacial score (nSPS) is 34.0. The van der Waals surface area contributed by atoms with Crippen LogP contribution in [0.25, 0.3) is 0 Å². The number of hydrogen-bond donors (Lipinski definition) is 0. The summed E-state index contributed by atoms with van der Waals surface area (Å²) >= 11 is 0. The lowest BCUT2D eigenvalue weighted by Gasteiger charge is -2.35. The molecule has 0 unspecified atom stereocenters. The fourth-order valence-electron chi connectivity index (χ4n) is 5.04. The second kappa shape index (κ2) is 7.58. The summed E-state index contributed by atoms with van der Waals surface area (Å²) < 4.78 is 11.3. The van der Waals surface area contributed by atoms with Crippen LogP contribution in [0.5, 0.6) is 0 Å². The molecular formula is C22H32O4. The zero-order valence-electron chi connectivity index (χ0n) is 16.7. The van der Waals surface area contributed by atoms with Crippen LogP contribution < -0.4 is 0 Å². The van der Waals surface area contributed by atoms with E-state index in [9.17, 15) is 9.59 Å². The van der Waals surface area contributed by atoms with Crippen molar-refractivity contribution in [3.63, 3.8) is 0 Å². The Morgan fingerprint density at radius 3 is 2.69 bits per heavy atom. The Morgan fingerprint density at radius 1 is 1.31 bits per heavy atom. The first-order chi connectivity index (χ1) is 12.3. The third kappa shape index (κ3) is 3.89. The van der Waals surface area contributed by atoms with Gasteiger partial charge >= 0.3 is 11.9 Å². The zero-order valence-corrected chi connectivity index (χ0v) is 16.7. The molecule has 4 nitrogen and oxygen atoms in total. The molecule has 26 heavy (non-hydrogen) atoms. The monoisotopic (exact) mass is 360 g/mol. The largest absolute Gasteiger partial charge is 0.462 e. The van der Waals surface area contributed by atoms with Crippen molar-refractivity contribution < 1.29 is 19.1 Å². The molecule has 6 atom stereocenters. The Morgan fingerprint density at radius 2 is 2.04 bits per heavy atom. The van der Waals surface area contributed by atoms with Crippen LogP contribution in [0, 0.1) is 29.6 Å². The number of allylic oxidation sites excluding steroid dienone is 2. The predicted molar refractivity (Wildman–Crippen MR) is 100 cm³/mol. The molecule has 0 N–H and O–H groups in total. The Labute approximate surface area is 157 Å². The van der Waals surface area contributed by atoms with Gasteiger partial charge in [0.15, 0.2) is 0 Å². The summed E-state index contributed by atoms with van der Waals surface area (Å²) in [7, 11) is 0. The average molecular weight is 360 g/mol. The number of carbonyl (C=O) groups excluding carboxylic acids is 2. The Hall–Kier alpha value is -1.58. The van der Waals surface area contributed by atoms with E-state index >= 15 is 0 Å². The van der Waals surface area contributed by atoms with Crippen LogP contribution in [0.1, 0.15) is 60.3 Å². The van der Waals surface area contributed by atoms with Gasteiger partial charge in [-0.05, 0) is 68.8 Å². The fraction of sp³-hybridized carbons (Fsp3) is 0.727. The minimum atomic E-state index is -0.232. The summed E-state index contributed by atoms with van der Waals surface area (Å²) in [5, 5.41) is 0. The molecule has 0 radical (unpaired) electrons. The van der Waals surface area contributed by atoms with E-state index in [4.69, 9.17) is 9.47 Å². The Kier molecular flexibility index (Phi) is 5.59. The van der Waals surface area contributed by atoms with Gasteiger partial charge in [0.2, 0.25) is 0 Å². The molecular weight excluding hydrogens is 328 g/mol. The van der Waals surface area contributed by atoms with E-state index in [1.807, 2.05) is 0 Å². The van der Waals surface area contributed by atoms with E-state index in [1.165, 1.54) is 12.5 Å². The molecule has 1 saturated carbocycles. The first-order valence-electron chi connectivity index (χ1n) is 10.00. The van der Waals surface area contributed by atoms with E-state index in [0.717, 1.165) is 36.8 Å².